The number of fused-ring (bicyclic) bond motifs is 1. The van der Waals surface area contributed by atoms with Crippen LogP contribution >= 0.6 is 11.8 Å². The lowest BCUT2D eigenvalue weighted by Gasteiger charge is -2.47. The Morgan fingerprint density at radius 3 is 3.00 bits per heavy atom. The second-order valence-corrected chi connectivity index (χ2v) is 4.33. The SMILES string of the molecule is [N-]=[N+]=NC1=C(C(=O)O)N2C(=O)C(N)[C@H]2SC1. The van der Waals surface area contributed by atoms with Gasteiger partial charge in [-0.25, -0.2) is 4.79 Å². The second kappa shape index (κ2) is 3.71. The predicted octanol–water partition coefficient (Wildman–Crippen LogP) is -0.165. The number of nitrogens with zero attached hydrogens (tertiary/aromatic N) is 4. The lowest BCUT2D eigenvalue weighted by Crippen LogP contribution is -2.68. The number of hydrogen-bond acceptors (Lipinski definition) is 5. The first-order chi connectivity index (χ1) is 7.57. The molecule has 1 unspecified atom stereocenters. The van der Waals surface area contributed by atoms with E-state index < -0.39 is 17.9 Å². The average molecular weight is 241 g/mol. The van der Waals surface area contributed by atoms with Crippen molar-refractivity contribution in [1.29, 1.82) is 0 Å². The molecule has 0 radical (unpaired) electrons. The zero-order chi connectivity index (χ0) is 11.9. The van der Waals surface area contributed by atoms with Crippen LogP contribution in [0.5, 0.6) is 0 Å². The molecule has 0 aliphatic carbocycles. The smallest absolute Gasteiger partial charge is 0.352 e. The molecule has 1 fully saturated rings. The lowest BCUT2D eigenvalue weighted by atomic mass is 10.1. The Kier molecular flexibility index (Phi) is 2.50. The molecule has 2 rings (SSSR count). The second-order valence-electron chi connectivity index (χ2n) is 3.23. The molecular formula is C7H7N5O3S. The Morgan fingerprint density at radius 2 is 2.44 bits per heavy atom. The summed E-state index contributed by atoms with van der Waals surface area (Å²) in [6, 6.07) is -0.674. The highest BCUT2D eigenvalue weighted by atomic mass is 32.2. The van der Waals surface area contributed by atoms with E-state index in [1.807, 2.05) is 0 Å². The Bertz CT molecular complexity index is 455. The first kappa shape index (κ1) is 10.8. The van der Waals surface area contributed by atoms with Gasteiger partial charge in [0.25, 0.3) is 0 Å². The van der Waals surface area contributed by atoms with Crippen LogP contribution in [-0.4, -0.2) is 39.1 Å². The van der Waals surface area contributed by atoms with E-state index in [-0.39, 0.29) is 22.5 Å². The average Bonchev–Trinajstić information content (AvgIpc) is 2.27. The third-order valence-electron chi connectivity index (χ3n) is 2.36. The molecule has 3 N–H and O–H groups in total. The molecule has 2 aliphatic heterocycles. The van der Waals surface area contributed by atoms with Gasteiger partial charge in [0, 0.05) is 10.7 Å². The van der Waals surface area contributed by atoms with Gasteiger partial charge in [-0.2, -0.15) is 0 Å². The van der Waals surface area contributed by atoms with Gasteiger partial charge < -0.3 is 10.8 Å². The minimum absolute atomic E-state index is 0.0523. The fourth-order valence-electron chi connectivity index (χ4n) is 1.63. The molecule has 84 valence electrons. The number of carbonyl (C=O) groups excluding carboxylic acids is 1. The number of hydrogen-bond donors (Lipinski definition) is 2. The number of azide groups is 1. The highest BCUT2D eigenvalue weighted by Gasteiger charge is 2.51. The maximum Gasteiger partial charge on any atom is 0.352 e. The number of rotatable bonds is 2. The van der Waals surface area contributed by atoms with Gasteiger partial charge >= 0.3 is 5.97 Å². The third-order valence-corrected chi connectivity index (χ3v) is 3.64. The van der Waals surface area contributed by atoms with Gasteiger partial charge in [0.2, 0.25) is 5.91 Å². The minimum Gasteiger partial charge on any atom is -0.477 e. The van der Waals surface area contributed by atoms with E-state index in [2.05, 4.69) is 10.0 Å². The summed E-state index contributed by atoms with van der Waals surface area (Å²) in [4.78, 5) is 26.0. The van der Waals surface area contributed by atoms with E-state index in [1.165, 1.54) is 11.8 Å². The highest BCUT2D eigenvalue weighted by molar-refractivity contribution is 8.00. The summed E-state index contributed by atoms with van der Waals surface area (Å²) >= 11 is 1.29. The topological polar surface area (TPSA) is 132 Å². The van der Waals surface area contributed by atoms with E-state index in [0.717, 1.165) is 4.90 Å². The standard InChI is InChI=1S/C7H7N5O3S/c8-3-5(13)12-4(7(14)15)2(10-11-9)1-16-6(3)12/h3,6H,1,8H2,(H,14,15)/t3?,6-/m1/s1. The maximum atomic E-state index is 11.4. The Hall–Kier alpha value is -1.70. The first-order valence-corrected chi connectivity index (χ1v) is 5.34. The van der Waals surface area contributed by atoms with Crippen molar-refractivity contribution in [3.05, 3.63) is 21.8 Å². The van der Waals surface area contributed by atoms with Gasteiger partial charge in [-0.15, -0.1) is 11.8 Å². The fraction of sp³-hybridized carbons (Fsp3) is 0.429. The van der Waals surface area contributed by atoms with Crippen LogP contribution in [0.2, 0.25) is 0 Å². The summed E-state index contributed by atoms with van der Waals surface area (Å²) in [6.45, 7) is 0. The summed E-state index contributed by atoms with van der Waals surface area (Å²) in [7, 11) is 0. The molecule has 1 amide bonds. The number of β-lactam (4-membered cyclic amide) rings is 1. The Balaban J connectivity index is 2.45. The van der Waals surface area contributed by atoms with Crippen molar-refractivity contribution < 1.29 is 14.7 Å². The minimum atomic E-state index is -1.28. The van der Waals surface area contributed by atoms with Crippen molar-refractivity contribution in [2.75, 3.05) is 5.75 Å². The van der Waals surface area contributed by atoms with E-state index in [4.69, 9.17) is 16.4 Å². The number of thioether (sulfide) groups is 1. The van der Waals surface area contributed by atoms with Crippen LogP contribution in [0.15, 0.2) is 16.5 Å². The summed E-state index contributed by atoms with van der Waals surface area (Å²) in [6.07, 6.45) is 0. The van der Waals surface area contributed by atoms with Gasteiger partial charge in [0.15, 0.2) is 0 Å². The van der Waals surface area contributed by atoms with Crippen molar-refractivity contribution in [3.8, 4) is 0 Å². The molecule has 2 atom stereocenters. The molecule has 0 aromatic carbocycles. The van der Waals surface area contributed by atoms with Gasteiger partial charge in [-0.3, -0.25) is 9.69 Å². The molecule has 0 aromatic rings. The normalized spacial score (nSPS) is 28.1. The quantitative estimate of drug-likeness (QED) is 0.300. The first-order valence-electron chi connectivity index (χ1n) is 4.29. The Morgan fingerprint density at radius 1 is 1.75 bits per heavy atom. The maximum absolute atomic E-state index is 11.4. The Labute approximate surface area is 93.7 Å². The number of amides is 1. The van der Waals surface area contributed by atoms with E-state index in [9.17, 15) is 9.59 Å². The van der Waals surface area contributed by atoms with Crippen molar-refractivity contribution >= 4 is 23.6 Å². The van der Waals surface area contributed by atoms with E-state index >= 15 is 0 Å². The molecular weight excluding hydrogens is 234 g/mol. The van der Waals surface area contributed by atoms with E-state index in [1.54, 1.807) is 0 Å². The third kappa shape index (κ3) is 1.33. The lowest BCUT2D eigenvalue weighted by molar-refractivity contribution is -0.147. The van der Waals surface area contributed by atoms with Crippen LogP contribution in [0.3, 0.4) is 0 Å². The van der Waals surface area contributed by atoms with Crippen LogP contribution in [0.1, 0.15) is 0 Å². The zero-order valence-electron chi connectivity index (χ0n) is 7.90. The summed E-state index contributed by atoms with van der Waals surface area (Å²) in [5.74, 6) is -1.50. The van der Waals surface area contributed by atoms with Crippen LogP contribution < -0.4 is 5.73 Å². The van der Waals surface area contributed by atoms with Crippen LogP contribution in [0.25, 0.3) is 10.4 Å². The number of nitrogens with two attached hydrogens (primary N) is 1. The highest BCUT2D eigenvalue weighted by Crippen LogP contribution is 2.39. The predicted molar refractivity (Wildman–Crippen MR) is 54.9 cm³/mol. The van der Waals surface area contributed by atoms with Gasteiger partial charge in [-0.05, 0) is 5.53 Å². The summed E-state index contributed by atoms with van der Waals surface area (Å²) in [5, 5.41) is 11.9. The van der Waals surface area contributed by atoms with Crippen molar-refractivity contribution in [3.63, 3.8) is 0 Å². The van der Waals surface area contributed by atoms with Crippen molar-refractivity contribution in [1.82, 2.24) is 4.90 Å². The molecule has 1 saturated heterocycles. The monoisotopic (exact) mass is 241 g/mol. The summed E-state index contributed by atoms with van der Waals surface area (Å²) < 4.78 is 0. The molecule has 2 aliphatic rings. The van der Waals surface area contributed by atoms with Gasteiger partial charge in [0.1, 0.15) is 17.1 Å². The van der Waals surface area contributed by atoms with Crippen LogP contribution in [0, 0.1) is 0 Å². The van der Waals surface area contributed by atoms with Crippen LogP contribution in [0.4, 0.5) is 0 Å². The van der Waals surface area contributed by atoms with Crippen LogP contribution in [-0.2, 0) is 9.59 Å². The number of carboxylic acids is 1. The molecule has 0 spiro atoms. The molecule has 8 nitrogen and oxygen atoms in total. The van der Waals surface area contributed by atoms with Crippen molar-refractivity contribution in [2.45, 2.75) is 11.4 Å². The van der Waals surface area contributed by atoms with Crippen molar-refractivity contribution in [2.24, 2.45) is 10.8 Å². The molecule has 16 heavy (non-hydrogen) atoms. The fourth-order valence-corrected chi connectivity index (χ4v) is 2.84. The van der Waals surface area contributed by atoms with Gasteiger partial charge in [0.05, 0.1) is 5.70 Å². The number of carboxylic acid groups (broad SMARTS) is 1. The van der Waals surface area contributed by atoms with Gasteiger partial charge in [-0.1, -0.05) is 5.11 Å². The number of carbonyl (C=O) groups is 2. The number of aliphatic carboxylic acids is 1. The molecule has 0 bridgehead atoms. The largest absolute Gasteiger partial charge is 0.477 e. The van der Waals surface area contributed by atoms with E-state index in [0.29, 0.717) is 0 Å². The molecule has 2 heterocycles. The molecule has 0 saturated carbocycles. The molecule has 9 heteroatoms. The summed E-state index contributed by atoms with van der Waals surface area (Å²) in [5.41, 5.74) is 13.6. The zero-order valence-corrected chi connectivity index (χ0v) is 8.72. The molecule has 0 aromatic heterocycles.